The predicted molar refractivity (Wildman–Crippen MR) is 106 cm³/mol. The summed E-state index contributed by atoms with van der Waals surface area (Å²) >= 11 is 0. The molecule has 0 unspecified atom stereocenters. The van der Waals surface area contributed by atoms with E-state index in [1.165, 1.54) is 28.6 Å². The molecule has 1 heterocycles. The lowest BCUT2D eigenvalue weighted by Crippen LogP contribution is -2.44. The zero-order valence-corrected chi connectivity index (χ0v) is 17.5. The van der Waals surface area contributed by atoms with Gasteiger partial charge in [-0.2, -0.15) is 4.31 Å². The molecule has 10 heteroatoms. The van der Waals surface area contributed by atoms with E-state index in [4.69, 9.17) is 4.74 Å². The highest BCUT2D eigenvalue weighted by Gasteiger charge is 2.30. The van der Waals surface area contributed by atoms with Crippen LogP contribution in [0.1, 0.15) is 49.9 Å². The molecule has 1 aromatic carbocycles. The Kier molecular flexibility index (Phi) is 8.15. The van der Waals surface area contributed by atoms with Gasteiger partial charge in [0, 0.05) is 19.1 Å². The van der Waals surface area contributed by atoms with Crippen LogP contribution in [-0.2, 0) is 19.6 Å². The van der Waals surface area contributed by atoms with Gasteiger partial charge in [-0.1, -0.05) is 25.5 Å². The molecule has 9 nitrogen and oxygen atoms in total. The molecule has 1 fully saturated rings. The van der Waals surface area contributed by atoms with E-state index in [0.717, 1.165) is 19.3 Å². The summed E-state index contributed by atoms with van der Waals surface area (Å²) in [7, 11) is -3.84. The Bertz CT molecular complexity index is 849. The molecule has 29 heavy (non-hydrogen) atoms. The highest BCUT2D eigenvalue weighted by Crippen LogP contribution is 2.24. The van der Waals surface area contributed by atoms with Gasteiger partial charge in [-0.15, -0.1) is 0 Å². The van der Waals surface area contributed by atoms with Crippen molar-refractivity contribution in [2.45, 2.75) is 50.5 Å². The Morgan fingerprint density at radius 1 is 1.14 bits per heavy atom. The number of benzene rings is 1. The number of carbonyl (C=O) groups excluding carboxylic acids is 3. The average molecular weight is 426 g/mol. The van der Waals surface area contributed by atoms with Crippen molar-refractivity contribution in [3.8, 4) is 0 Å². The van der Waals surface area contributed by atoms with Crippen LogP contribution in [0.3, 0.4) is 0 Å². The van der Waals surface area contributed by atoms with Gasteiger partial charge in [-0.3, -0.25) is 10.1 Å². The van der Waals surface area contributed by atoms with E-state index in [2.05, 4.69) is 10.6 Å². The van der Waals surface area contributed by atoms with Crippen molar-refractivity contribution < 1.29 is 27.5 Å². The monoisotopic (exact) mass is 425 g/mol. The fourth-order valence-corrected chi connectivity index (χ4v) is 4.53. The number of nitrogens with zero attached hydrogens (tertiary/aromatic N) is 1. The highest BCUT2D eigenvalue weighted by molar-refractivity contribution is 7.89. The molecule has 160 valence electrons. The summed E-state index contributed by atoms with van der Waals surface area (Å²) in [6, 6.07) is 4.93. The number of piperidine rings is 1. The van der Waals surface area contributed by atoms with E-state index in [-0.39, 0.29) is 16.5 Å². The maximum Gasteiger partial charge on any atom is 0.340 e. The Labute approximate surface area is 170 Å². The molecule has 1 aliphatic heterocycles. The van der Waals surface area contributed by atoms with Crippen molar-refractivity contribution in [1.29, 1.82) is 0 Å². The lowest BCUT2D eigenvalue weighted by Gasteiger charge is -2.26. The molecule has 1 aromatic rings. The molecule has 0 aliphatic carbocycles. The third kappa shape index (κ3) is 6.26. The van der Waals surface area contributed by atoms with Crippen LogP contribution in [0.2, 0.25) is 0 Å². The number of hydrogen-bond donors (Lipinski definition) is 2. The Morgan fingerprint density at radius 2 is 1.79 bits per heavy atom. The Balaban J connectivity index is 2.03. The largest absolute Gasteiger partial charge is 0.452 e. The average Bonchev–Trinajstić information content (AvgIpc) is 2.72. The number of amides is 3. The summed E-state index contributed by atoms with van der Waals surface area (Å²) in [4.78, 5) is 35.7. The Hall–Kier alpha value is -2.46. The minimum absolute atomic E-state index is 0.114. The van der Waals surface area contributed by atoms with E-state index in [0.29, 0.717) is 19.5 Å². The number of rotatable bonds is 7. The summed E-state index contributed by atoms with van der Waals surface area (Å²) in [5, 5.41) is 4.60. The molecular formula is C19H27N3O6S. The third-order valence-corrected chi connectivity index (χ3v) is 6.57. The first-order valence-electron chi connectivity index (χ1n) is 9.62. The van der Waals surface area contributed by atoms with Gasteiger partial charge in [0.1, 0.15) is 0 Å². The summed E-state index contributed by atoms with van der Waals surface area (Å²) in [5.74, 6) is -1.76. The van der Waals surface area contributed by atoms with Crippen LogP contribution in [0.4, 0.5) is 4.79 Å². The maximum absolute atomic E-state index is 12.9. The predicted octanol–water partition coefficient (Wildman–Crippen LogP) is 1.64. The van der Waals surface area contributed by atoms with E-state index in [1.807, 2.05) is 6.92 Å². The fourth-order valence-electron chi connectivity index (χ4n) is 2.84. The molecule has 1 atom stereocenters. The number of sulfonamides is 1. The lowest BCUT2D eigenvalue weighted by atomic mass is 10.2. The summed E-state index contributed by atoms with van der Waals surface area (Å²) in [6.07, 6.45) is 3.20. The van der Waals surface area contributed by atoms with Crippen LogP contribution < -0.4 is 10.6 Å². The van der Waals surface area contributed by atoms with E-state index < -0.39 is 34.5 Å². The molecule has 0 aromatic heterocycles. The molecule has 0 saturated carbocycles. The second-order valence-electron chi connectivity index (χ2n) is 6.87. The smallest absolute Gasteiger partial charge is 0.340 e. The topological polar surface area (TPSA) is 122 Å². The van der Waals surface area contributed by atoms with Crippen molar-refractivity contribution in [2.75, 3.05) is 19.7 Å². The zero-order chi connectivity index (χ0) is 21.4. The number of urea groups is 1. The number of hydrogen-bond acceptors (Lipinski definition) is 6. The molecule has 0 spiro atoms. The first kappa shape index (κ1) is 22.8. The van der Waals surface area contributed by atoms with Gasteiger partial charge >= 0.3 is 12.0 Å². The van der Waals surface area contributed by atoms with E-state index in [9.17, 15) is 22.8 Å². The first-order chi connectivity index (χ1) is 13.8. The Morgan fingerprint density at radius 3 is 2.45 bits per heavy atom. The summed E-state index contributed by atoms with van der Waals surface area (Å²) in [6.45, 7) is 3.76. The van der Waals surface area contributed by atoms with Gasteiger partial charge in [0.15, 0.2) is 6.61 Å². The molecule has 0 radical (unpaired) electrons. The second kappa shape index (κ2) is 10.4. The molecule has 1 saturated heterocycles. The zero-order valence-electron chi connectivity index (χ0n) is 16.6. The maximum atomic E-state index is 12.9. The quantitative estimate of drug-likeness (QED) is 0.641. The van der Waals surface area contributed by atoms with Gasteiger partial charge in [0.05, 0.1) is 10.5 Å². The third-order valence-electron chi connectivity index (χ3n) is 4.62. The molecule has 1 aliphatic rings. The molecule has 0 bridgehead atoms. The molecular weight excluding hydrogens is 398 g/mol. The van der Waals surface area contributed by atoms with Crippen LogP contribution in [0.25, 0.3) is 0 Å². The summed E-state index contributed by atoms with van der Waals surface area (Å²) in [5.41, 5.74) is -0.144. The van der Waals surface area contributed by atoms with Crippen LogP contribution in [0.15, 0.2) is 29.2 Å². The lowest BCUT2D eigenvalue weighted by molar-refractivity contribution is -0.123. The number of carbonyl (C=O) groups is 3. The van der Waals surface area contributed by atoms with Gasteiger partial charge in [-0.05, 0) is 38.3 Å². The van der Waals surface area contributed by atoms with E-state index >= 15 is 0 Å². The number of imide groups is 1. The van der Waals surface area contributed by atoms with Crippen LogP contribution in [0, 0.1) is 0 Å². The van der Waals surface area contributed by atoms with Gasteiger partial charge in [0.2, 0.25) is 10.0 Å². The van der Waals surface area contributed by atoms with Crippen molar-refractivity contribution >= 4 is 27.9 Å². The summed E-state index contributed by atoms with van der Waals surface area (Å²) < 4.78 is 32.1. The van der Waals surface area contributed by atoms with Gasteiger partial charge < -0.3 is 10.1 Å². The van der Waals surface area contributed by atoms with Crippen molar-refractivity contribution in [3.63, 3.8) is 0 Å². The minimum Gasteiger partial charge on any atom is -0.452 e. The highest BCUT2D eigenvalue weighted by atomic mass is 32.2. The van der Waals surface area contributed by atoms with Gasteiger partial charge in [0.25, 0.3) is 5.91 Å². The number of esters is 1. The van der Waals surface area contributed by atoms with Crippen LogP contribution in [-0.4, -0.2) is 56.4 Å². The molecule has 3 amide bonds. The number of nitrogens with one attached hydrogen (secondary N) is 2. The van der Waals surface area contributed by atoms with Crippen molar-refractivity contribution in [3.05, 3.63) is 29.8 Å². The second-order valence-corrected chi connectivity index (χ2v) is 8.77. The molecule has 2 rings (SSSR count). The minimum atomic E-state index is -3.84. The standard InChI is InChI=1S/C19H27N3O6S/c1-3-14(2)20-19(25)21-17(23)13-28-18(24)15-9-5-6-10-16(15)29(26,27)22-11-7-4-8-12-22/h5-6,9-10,14H,3-4,7-8,11-13H2,1-2H3,(H2,20,21,23,25)/t14-/m0/s1. The van der Waals surface area contributed by atoms with Crippen molar-refractivity contribution in [1.82, 2.24) is 14.9 Å². The van der Waals surface area contributed by atoms with E-state index in [1.54, 1.807) is 6.92 Å². The van der Waals surface area contributed by atoms with Crippen LogP contribution >= 0.6 is 0 Å². The first-order valence-corrected chi connectivity index (χ1v) is 11.1. The normalized spacial score (nSPS) is 15.9. The van der Waals surface area contributed by atoms with Gasteiger partial charge in [-0.25, -0.2) is 18.0 Å². The van der Waals surface area contributed by atoms with Crippen molar-refractivity contribution in [2.24, 2.45) is 0 Å². The fraction of sp³-hybridized carbons (Fsp3) is 0.526. The van der Waals surface area contributed by atoms with Crippen LogP contribution in [0.5, 0.6) is 0 Å². The number of ether oxygens (including phenoxy) is 1. The SMILES string of the molecule is CC[C@H](C)NC(=O)NC(=O)COC(=O)c1ccccc1S(=O)(=O)N1CCCCC1. The molecule has 2 N–H and O–H groups in total.